The van der Waals surface area contributed by atoms with Gasteiger partial charge in [0.25, 0.3) is 0 Å². The van der Waals surface area contributed by atoms with Gasteiger partial charge in [0.15, 0.2) is 0 Å². The van der Waals surface area contributed by atoms with Crippen LogP contribution in [-0.2, 0) is 9.53 Å². The third kappa shape index (κ3) is 4.75. The van der Waals surface area contributed by atoms with E-state index in [1.807, 2.05) is 6.92 Å². The summed E-state index contributed by atoms with van der Waals surface area (Å²) in [5.74, 6) is 0.110. The molecule has 2 unspecified atom stereocenters. The SMILES string of the molecule is CC(NCC1CN(C(C)C)CCO1)C(=O)NC1CC1. The Morgan fingerprint density at radius 2 is 2.11 bits per heavy atom. The highest BCUT2D eigenvalue weighted by atomic mass is 16.5. The number of ether oxygens (including phenoxy) is 1. The smallest absolute Gasteiger partial charge is 0.237 e. The maximum absolute atomic E-state index is 11.8. The molecule has 2 N–H and O–H groups in total. The van der Waals surface area contributed by atoms with E-state index >= 15 is 0 Å². The van der Waals surface area contributed by atoms with E-state index in [-0.39, 0.29) is 18.1 Å². The lowest BCUT2D eigenvalue weighted by atomic mass is 10.2. The van der Waals surface area contributed by atoms with Crippen LogP contribution in [0.2, 0.25) is 0 Å². The van der Waals surface area contributed by atoms with Crippen LogP contribution >= 0.6 is 0 Å². The number of nitrogens with zero attached hydrogens (tertiary/aromatic N) is 1. The standard InChI is InChI=1S/C14H27N3O2/c1-10(2)17-6-7-19-13(9-17)8-15-11(3)14(18)16-12-4-5-12/h10-13,15H,4-9H2,1-3H3,(H,16,18). The Bertz CT molecular complexity index is 305. The van der Waals surface area contributed by atoms with Crippen LogP contribution in [0.5, 0.6) is 0 Å². The first-order chi connectivity index (χ1) is 9.06. The topological polar surface area (TPSA) is 53.6 Å². The lowest BCUT2D eigenvalue weighted by Crippen LogP contribution is -2.52. The monoisotopic (exact) mass is 269 g/mol. The van der Waals surface area contributed by atoms with Gasteiger partial charge in [-0.25, -0.2) is 0 Å². The molecule has 1 heterocycles. The zero-order valence-electron chi connectivity index (χ0n) is 12.3. The van der Waals surface area contributed by atoms with Crippen molar-refractivity contribution >= 4 is 5.91 Å². The van der Waals surface area contributed by atoms with Gasteiger partial charge in [0.2, 0.25) is 5.91 Å². The number of nitrogens with one attached hydrogen (secondary N) is 2. The van der Waals surface area contributed by atoms with Crippen molar-refractivity contribution in [3.05, 3.63) is 0 Å². The third-order valence-corrected chi connectivity index (χ3v) is 3.87. The average Bonchev–Trinajstić information content (AvgIpc) is 3.20. The van der Waals surface area contributed by atoms with Crippen molar-refractivity contribution in [2.24, 2.45) is 0 Å². The van der Waals surface area contributed by atoms with E-state index in [0.717, 1.165) is 39.1 Å². The summed E-state index contributed by atoms with van der Waals surface area (Å²) >= 11 is 0. The minimum Gasteiger partial charge on any atom is -0.374 e. The lowest BCUT2D eigenvalue weighted by Gasteiger charge is -2.35. The van der Waals surface area contributed by atoms with Crippen molar-refractivity contribution < 1.29 is 9.53 Å². The summed E-state index contributed by atoms with van der Waals surface area (Å²) in [6.45, 7) is 9.81. The molecule has 0 radical (unpaired) electrons. The van der Waals surface area contributed by atoms with Crippen molar-refractivity contribution in [3.8, 4) is 0 Å². The Hall–Kier alpha value is -0.650. The molecule has 0 aromatic carbocycles. The number of carbonyl (C=O) groups excluding carboxylic acids is 1. The Kier molecular flexibility index (Phi) is 5.19. The fourth-order valence-electron chi connectivity index (χ4n) is 2.29. The van der Waals surface area contributed by atoms with Crippen LogP contribution in [-0.4, -0.2) is 61.3 Å². The predicted molar refractivity (Wildman–Crippen MR) is 75.1 cm³/mol. The molecule has 2 fully saturated rings. The molecule has 0 bridgehead atoms. The summed E-state index contributed by atoms with van der Waals surface area (Å²) in [5.41, 5.74) is 0. The fraction of sp³-hybridized carbons (Fsp3) is 0.929. The molecule has 0 aromatic rings. The molecule has 1 saturated heterocycles. The second kappa shape index (κ2) is 6.68. The highest BCUT2D eigenvalue weighted by Crippen LogP contribution is 2.18. The number of rotatable bonds is 6. The number of morpholine rings is 1. The number of hydrogen-bond acceptors (Lipinski definition) is 4. The van der Waals surface area contributed by atoms with Crippen LogP contribution in [0.4, 0.5) is 0 Å². The molecule has 1 aliphatic carbocycles. The van der Waals surface area contributed by atoms with Crippen molar-refractivity contribution in [2.75, 3.05) is 26.2 Å². The Balaban J connectivity index is 1.67. The number of carbonyl (C=O) groups is 1. The molecule has 5 nitrogen and oxygen atoms in total. The van der Waals surface area contributed by atoms with Gasteiger partial charge in [0, 0.05) is 31.7 Å². The maximum atomic E-state index is 11.8. The largest absolute Gasteiger partial charge is 0.374 e. The minimum atomic E-state index is -0.140. The van der Waals surface area contributed by atoms with E-state index in [2.05, 4.69) is 29.4 Å². The second-order valence-electron chi connectivity index (χ2n) is 5.99. The van der Waals surface area contributed by atoms with Crippen LogP contribution < -0.4 is 10.6 Å². The summed E-state index contributed by atoms with van der Waals surface area (Å²) in [6, 6.07) is 0.847. The van der Waals surface area contributed by atoms with Crippen LogP contribution in [0.25, 0.3) is 0 Å². The van der Waals surface area contributed by atoms with Crippen LogP contribution in [0, 0.1) is 0 Å². The first kappa shape index (κ1) is 14.8. The van der Waals surface area contributed by atoms with E-state index in [1.165, 1.54) is 0 Å². The Labute approximate surface area is 116 Å². The lowest BCUT2D eigenvalue weighted by molar-refractivity contribution is -0.123. The van der Waals surface area contributed by atoms with Gasteiger partial charge in [-0.15, -0.1) is 0 Å². The van der Waals surface area contributed by atoms with Gasteiger partial charge < -0.3 is 15.4 Å². The van der Waals surface area contributed by atoms with Crippen LogP contribution in [0.3, 0.4) is 0 Å². The summed E-state index contributed by atoms with van der Waals surface area (Å²) in [7, 11) is 0. The first-order valence-electron chi connectivity index (χ1n) is 7.45. The third-order valence-electron chi connectivity index (χ3n) is 3.87. The van der Waals surface area contributed by atoms with Gasteiger partial charge in [0.1, 0.15) is 0 Å². The van der Waals surface area contributed by atoms with Gasteiger partial charge in [-0.2, -0.15) is 0 Å². The summed E-state index contributed by atoms with van der Waals surface area (Å²) in [5, 5.41) is 6.30. The molecule has 110 valence electrons. The second-order valence-corrected chi connectivity index (χ2v) is 5.99. The normalized spacial score (nSPS) is 26.4. The number of hydrogen-bond donors (Lipinski definition) is 2. The molecule has 1 aliphatic heterocycles. The van der Waals surface area contributed by atoms with Crippen molar-refractivity contribution in [1.82, 2.24) is 15.5 Å². The van der Waals surface area contributed by atoms with Crippen molar-refractivity contribution in [2.45, 2.75) is 57.8 Å². The molecule has 0 spiro atoms. The predicted octanol–water partition coefficient (Wildman–Crippen LogP) is 0.352. The summed E-state index contributed by atoms with van der Waals surface area (Å²) < 4.78 is 5.75. The molecule has 0 aromatic heterocycles. The quantitative estimate of drug-likeness (QED) is 0.731. The highest BCUT2D eigenvalue weighted by Gasteiger charge is 2.27. The Morgan fingerprint density at radius 1 is 1.37 bits per heavy atom. The van der Waals surface area contributed by atoms with E-state index < -0.39 is 0 Å². The fourth-order valence-corrected chi connectivity index (χ4v) is 2.29. The van der Waals surface area contributed by atoms with Crippen LogP contribution in [0.1, 0.15) is 33.6 Å². The Morgan fingerprint density at radius 3 is 2.74 bits per heavy atom. The number of amides is 1. The first-order valence-corrected chi connectivity index (χ1v) is 7.45. The van der Waals surface area contributed by atoms with Gasteiger partial charge in [0.05, 0.1) is 18.8 Å². The average molecular weight is 269 g/mol. The molecular weight excluding hydrogens is 242 g/mol. The van der Waals surface area contributed by atoms with Gasteiger partial charge >= 0.3 is 0 Å². The molecule has 2 rings (SSSR count). The maximum Gasteiger partial charge on any atom is 0.237 e. The van der Waals surface area contributed by atoms with Gasteiger partial charge in [-0.3, -0.25) is 9.69 Å². The summed E-state index contributed by atoms with van der Waals surface area (Å²) in [4.78, 5) is 14.2. The van der Waals surface area contributed by atoms with Crippen molar-refractivity contribution in [3.63, 3.8) is 0 Å². The van der Waals surface area contributed by atoms with E-state index in [1.54, 1.807) is 0 Å². The zero-order valence-corrected chi connectivity index (χ0v) is 12.3. The molecule has 2 atom stereocenters. The zero-order chi connectivity index (χ0) is 13.8. The molecular formula is C14H27N3O2. The molecule has 19 heavy (non-hydrogen) atoms. The van der Waals surface area contributed by atoms with E-state index in [0.29, 0.717) is 12.1 Å². The summed E-state index contributed by atoms with van der Waals surface area (Å²) in [6.07, 6.45) is 2.45. The van der Waals surface area contributed by atoms with E-state index in [4.69, 9.17) is 4.74 Å². The minimum absolute atomic E-state index is 0.110. The molecule has 1 amide bonds. The van der Waals surface area contributed by atoms with E-state index in [9.17, 15) is 4.79 Å². The molecule has 5 heteroatoms. The molecule has 1 saturated carbocycles. The molecule has 2 aliphatic rings. The van der Waals surface area contributed by atoms with Crippen LogP contribution in [0.15, 0.2) is 0 Å². The highest BCUT2D eigenvalue weighted by molar-refractivity contribution is 5.81. The van der Waals surface area contributed by atoms with Crippen molar-refractivity contribution in [1.29, 1.82) is 0 Å². The van der Waals surface area contributed by atoms with Gasteiger partial charge in [-0.1, -0.05) is 0 Å². The van der Waals surface area contributed by atoms with Gasteiger partial charge in [-0.05, 0) is 33.6 Å².